The minimum atomic E-state index is -0.482. The Morgan fingerprint density at radius 3 is 2.39 bits per heavy atom. The number of amides is 1. The zero-order chi connectivity index (χ0) is 17.0. The Morgan fingerprint density at radius 2 is 1.91 bits per heavy atom. The van der Waals surface area contributed by atoms with Crippen LogP contribution < -0.4 is 5.32 Å². The molecule has 1 aromatic heterocycles. The Balaban J connectivity index is 2.17. The summed E-state index contributed by atoms with van der Waals surface area (Å²) in [6.45, 7) is 3.34. The lowest BCUT2D eigenvalue weighted by Crippen LogP contribution is -2.31. The molecule has 0 saturated carbocycles. The van der Waals surface area contributed by atoms with Gasteiger partial charge in [-0.15, -0.1) is 0 Å². The van der Waals surface area contributed by atoms with Crippen LogP contribution in [0.25, 0.3) is 0 Å². The second-order valence-electron chi connectivity index (χ2n) is 5.58. The summed E-state index contributed by atoms with van der Waals surface area (Å²) in [6.07, 6.45) is 2.56. The van der Waals surface area contributed by atoms with Crippen LogP contribution >= 0.6 is 0 Å². The molecule has 1 aromatic carbocycles. The maximum absolute atomic E-state index is 12.4. The summed E-state index contributed by atoms with van der Waals surface area (Å²) in [4.78, 5) is 23.8. The summed E-state index contributed by atoms with van der Waals surface area (Å²) < 4.78 is 1.61. The molecular formula is C18H22N2O3. The fraction of sp³-hybridized carbons (Fsp3) is 0.333. The molecule has 1 amide bonds. The van der Waals surface area contributed by atoms with Crippen LogP contribution in [0.2, 0.25) is 0 Å². The number of nitrogens with zero attached hydrogens (tertiary/aromatic N) is 1. The highest BCUT2D eigenvalue weighted by molar-refractivity contribution is 5.99. The van der Waals surface area contributed by atoms with Gasteiger partial charge in [-0.3, -0.25) is 9.59 Å². The van der Waals surface area contributed by atoms with Gasteiger partial charge in [0.2, 0.25) is 0 Å². The quantitative estimate of drug-likeness (QED) is 0.803. The van der Waals surface area contributed by atoms with Gasteiger partial charge in [0.25, 0.3) is 5.91 Å². The third-order valence-electron chi connectivity index (χ3n) is 3.92. The van der Waals surface area contributed by atoms with Crippen LogP contribution in [0.1, 0.15) is 51.9 Å². The highest BCUT2D eigenvalue weighted by Crippen LogP contribution is 2.16. The van der Waals surface area contributed by atoms with Gasteiger partial charge in [-0.2, -0.15) is 0 Å². The number of ketones is 1. The molecule has 122 valence electrons. The van der Waals surface area contributed by atoms with Gasteiger partial charge in [0.15, 0.2) is 5.78 Å². The van der Waals surface area contributed by atoms with Crippen molar-refractivity contribution in [2.24, 2.45) is 7.05 Å². The smallest absolute Gasteiger partial charge is 0.268 e. The predicted molar refractivity (Wildman–Crippen MR) is 88.5 cm³/mol. The second kappa shape index (κ2) is 7.24. The van der Waals surface area contributed by atoms with Gasteiger partial charge in [-0.05, 0) is 30.5 Å². The largest absolute Gasteiger partial charge is 0.394 e. The summed E-state index contributed by atoms with van der Waals surface area (Å²) in [6, 6.07) is 8.87. The van der Waals surface area contributed by atoms with E-state index in [-0.39, 0.29) is 18.3 Å². The van der Waals surface area contributed by atoms with E-state index in [0.717, 1.165) is 12.0 Å². The summed E-state index contributed by atoms with van der Waals surface area (Å²) in [7, 11) is 1.71. The molecule has 0 bridgehead atoms. The molecule has 2 aromatic rings. The van der Waals surface area contributed by atoms with Crippen LogP contribution in [0.3, 0.4) is 0 Å². The molecule has 5 heteroatoms. The Morgan fingerprint density at radius 1 is 1.26 bits per heavy atom. The van der Waals surface area contributed by atoms with Crippen LogP contribution in [0, 0.1) is 0 Å². The fourth-order valence-electron chi connectivity index (χ4n) is 2.44. The average molecular weight is 314 g/mol. The van der Waals surface area contributed by atoms with E-state index in [1.165, 1.54) is 12.5 Å². The lowest BCUT2D eigenvalue weighted by Gasteiger charge is -2.17. The maximum atomic E-state index is 12.4. The number of rotatable bonds is 6. The molecule has 23 heavy (non-hydrogen) atoms. The monoisotopic (exact) mass is 314 g/mol. The molecule has 0 radical (unpaired) electrons. The van der Waals surface area contributed by atoms with Gasteiger partial charge in [0.1, 0.15) is 5.69 Å². The number of nitrogens with one attached hydrogen (secondary N) is 1. The molecule has 2 N–H and O–H groups in total. The SMILES string of the molecule is CCc1ccc(C(CO)NC(=O)c2cc(C(C)=O)cn2C)cc1. The normalized spacial score (nSPS) is 12.0. The van der Waals surface area contributed by atoms with Crippen molar-refractivity contribution in [3.63, 3.8) is 0 Å². The van der Waals surface area contributed by atoms with E-state index in [0.29, 0.717) is 11.3 Å². The molecule has 1 unspecified atom stereocenters. The highest BCUT2D eigenvalue weighted by Gasteiger charge is 2.18. The molecule has 0 saturated heterocycles. The van der Waals surface area contributed by atoms with Crippen molar-refractivity contribution in [2.45, 2.75) is 26.3 Å². The molecule has 0 aliphatic heterocycles. The third kappa shape index (κ3) is 3.87. The van der Waals surface area contributed by atoms with Crippen molar-refractivity contribution >= 4 is 11.7 Å². The minimum absolute atomic E-state index is 0.0893. The second-order valence-corrected chi connectivity index (χ2v) is 5.58. The van der Waals surface area contributed by atoms with Crippen LogP contribution in [-0.4, -0.2) is 28.0 Å². The van der Waals surface area contributed by atoms with Crippen molar-refractivity contribution in [3.8, 4) is 0 Å². The molecule has 0 spiro atoms. The maximum Gasteiger partial charge on any atom is 0.268 e. The van der Waals surface area contributed by atoms with E-state index in [1.54, 1.807) is 23.9 Å². The molecular weight excluding hydrogens is 292 g/mol. The van der Waals surface area contributed by atoms with Gasteiger partial charge < -0.3 is 15.0 Å². The van der Waals surface area contributed by atoms with Crippen LogP contribution in [-0.2, 0) is 13.5 Å². The van der Waals surface area contributed by atoms with E-state index < -0.39 is 6.04 Å². The van der Waals surface area contributed by atoms with Crippen LogP contribution in [0.15, 0.2) is 36.5 Å². The molecule has 0 fully saturated rings. The van der Waals surface area contributed by atoms with Crippen molar-refractivity contribution in [1.29, 1.82) is 0 Å². The number of Topliss-reactive ketones (excluding diaryl/α,β-unsaturated/α-hetero) is 1. The summed E-state index contributed by atoms with van der Waals surface area (Å²) in [5.41, 5.74) is 2.92. The number of carbonyl (C=O) groups excluding carboxylic acids is 2. The lowest BCUT2D eigenvalue weighted by molar-refractivity contribution is 0.0908. The Kier molecular flexibility index (Phi) is 5.34. The Labute approximate surface area is 135 Å². The van der Waals surface area contributed by atoms with E-state index >= 15 is 0 Å². The molecule has 0 aliphatic rings. The average Bonchev–Trinajstić information content (AvgIpc) is 2.95. The van der Waals surface area contributed by atoms with Gasteiger partial charge in [-0.1, -0.05) is 31.2 Å². The number of hydrogen-bond acceptors (Lipinski definition) is 3. The number of benzene rings is 1. The molecule has 1 heterocycles. The van der Waals surface area contributed by atoms with E-state index in [9.17, 15) is 14.7 Å². The summed E-state index contributed by atoms with van der Waals surface area (Å²) in [5.74, 6) is -0.410. The molecule has 5 nitrogen and oxygen atoms in total. The number of aromatic nitrogens is 1. The zero-order valence-corrected chi connectivity index (χ0v) is 13.7. The molecule has 0 aliphatic carbocycles. The molecule has 1 atom stereocenters. The number of aliphatic hydroxyl groups excluding tert-OH is 1. The number of aliphatic hydroxyl groups is 1. The van der Waals surface area contributed by atoms with Gasteiger partial charge >= 0.3 is 0 Å². The molecule has 2 rings (SSSR count). The first-order valence-corrected chi connectivity index (χ1v) is 7.64. The van der Waals surface area contributed by atoms with Gasteiger partial charge in [0.05, 0.1) is 12.6 Å². The van der Waals surface area contributed by atoms with Gasteiger partial charge in [-0.25, -0.2) is 0 Å². The van der Waals surface area contributed by atoms with E-state index in [4.69, 9.17) is 0 Å². The summed E-state index contributed by atoms with van der Waals surface area (Å²) >= 11 is 0. The van der Waals surface area contributed by atoms with Crippen molar-refractivity contribution in [3.05, 3.63) is 58.9 Å². The van der Waals surface area contributed by atoms with Crippen LogP contribution in [0.4, 0.5) is 0 Å². The van der Waals surface area contributed by atoms with Crippen molar-refractivity contribution in [2.75, 3.05) is 6.61 Å². The Hall–Kier alpha value is -2.40. The number of hydrogen-bond donors (Lipinski definition) is 2. The first-order valence-electron chi connectivity index (χ1n) is 7.64. The Bertz CT molecular complexity index is 702. The van der Waals surface area contributed by atoms with E-state index in [2.05, 4.69) is 12.2 Å². The standard InChI is InChI=1S/C18H22N2O3/c1-4-13-5-7-14(8-6-13)16(11-21)19-18(23)17-9-15(12(2)22)10-20(17)3/h5-10,16,21H,4,11H2,1-3H3,(H,19,23). The van der Waals surface area contributed by atoms with E-state index in [1.807, 2.05) is 24.3 Å². The topological polar surface area (TPSA) is 71.3 Å². The summed E-state index contributed by atoms with van der Waals surface area (Å²) in [5, 5.41) is 12.4. The first kappa shape index (κ1) is 17.0. The zero-order valence-electron chi connectivity index (χ0n) is 13.7. The van der Waals surface area contributed by atoms with Crippen molar-refractivity contribution < 1.29 is 14.7 Å². The number of carbonyl (C=O) groups is 2. The first-order chi connectivity index (χ1) is 11.0. The van der Waals surface area contributed by atoms with Crippen molar-refractivity contribution in [1.82, 2.24) is 9.88 Å². The highest BCUT2D eigenvalue weighted by atomic mass is 16.3. The minimum Gasteiger partial charge on any atom is -0.394 e. The number of aryl methyl sites for hydroxylation is 2. The fourth-order valence-corrected chi connectivity index (χ4v) is 2.44. The van der Waals surface area contributed by atoms with Gasteiger partial charge in [0, 0.05) is 18.8 Å². The lowest BCUT2D eigenvalue weighted by atomic mass is 10.0. The third-order valence-corrected chi connectivity index (χ3v) is 3.92. The predicted octanol–water partition coefficient (Wildman–Crippen LogP) is 2.25. The van der Waals surface area contributed by atoms with Crippen LogP contribution in [0.5, 0.6) is 0 Å².